The van der Waals surface area contributed by atoms with Crippen molar-refractivity contribution in [2.75, 3.05) is 46.2 Å². The van der Waals surface area contributed by atoms with Gasteiger partial charge in [0.1, 0.15) is 18.9 Å². The molecule has 1 amide bonds. The number of ether oxygens (including phenoxy) is 2. The maximum atomic E-state index is 12.8. The lowest BCUT2D eigenvalue weighted by Gasteiger charge is -2.23. The third-order valence-corrected chi connectivity index (χ3v) is 5.26. The molecule has 34 heavy (non-hydrogen) atoms. The van der Waals surface area contributed by atoms with E-state index in [2.05, 4.69) is 12.2 Å². The predicted octanol–water partition coefficient (Wildman–Crippen LogP) is 2.55. The molecule has 188 valence electrons. The Labute approximate surface area is 215 Å². The van der Waals surface area contributed by atoms with Crippen LogP contribution in [0.25, 0.3) is 0 Å². The number of halogens is 1. The van der Waals surface area contributed by atoms with Gasteiger partial charge in [-0.15, -0.1) is 0 Å². The molecule has 0 aliphatic heterocycles. The molecule has 0 aliphatic carbocycles. The van der Waals surface area contributed by atoms with Crippen LogP contribution < -0.4 is 27.0 Å². The summed E-state index contributed by atoms with van der Waals surface area (Å²) >= 11 is 0. The van der Waals surface area contributed by atoms with Crippen molar-refractivity contribution in [3.8, 4) is 5.75 Å². The first-order valence-electron chi connectivity index (χ1n) is 11.9. The number of para-hydroxylation sites is 1. The van der Waals surface area contributed by atoms with Crippen LogP contribution >= 0.6 is 0 Å². The second kappa shape index (κ2) is 15.5. The maximum absolute atomic E-state index is 12.8. The Morgan fingerprint density at radius 3 is 2.18 bits per heavy atom. The van der Waals surface area contributed by atoms with Gasteiger partial charge in [-0.25, -0.2) is 4.79 Å². The summed E-state index contributed by atoms with van der Waals surface area (Å²) in [6.45, 7) is 3.90. The summed E-state index contributed by atoms with van der Waals surface area (Å²) in [5, 5.41) is 2.88. The van der Waals surface area contributed by atoms with Gasteiger partial charge in [0.05, 0.1) is 38.9 Å². The minimum Gasteiger partial charge on any atom is -1.00 e. The fourth-order valence-corrected chi connectivity index (χ4v) is 3.23. The molecule has 2 aromatic rings. The van der Waals surface area contributed by atoms with Crippen LogP contribution in [0.5, 0.6) is 5.75 Å². The number of hydrogen-bond donors (Lipinski definition) is 1. The van der Waals surface area contributed by atoms with Crippen molar-refractivity contribution >= 4 is 17.6 Å². The summed E-state index contributed by atoms with van der Waals surface area (Å²) in [4.78, 5) is 25.0. The number of rotatable bonds is 14. The highest BCUT2D eigenvalue weighted by atomic mass is 79.9. The molecule has 7 heteroatoms. The van der Waals surface area contributed by atoms with Crippen LogP contribution in [0.1, 0.15) is 66.2 Å². The molecule has 0 unspecified atom stereocenters. The lowest BCUT2D eigenvalue weighted by molar-refractivity contribution is -0.870. The zero-order valence-corrected chi connectivity index (χ0v) is 22.5. The van der Waals surface area contributed by atoms with Gasteiger partial charge in [-0.2, -0.15) is 0 Å². The van der Waals surface area contributed by atoms with Crippen LogP contribution in [0.15, 0.2) is 48.5 Å². The van der Waals surface area contributed by atoms with Crippen LogP contribution in [0.3, 0.4) is 0 Å². The molecule has 2 rings (SSSR count). The molecule has 1 N–H and O–H groups in total. The van der Waals surface area contributed by atoms with Gasteiger partial charge in [0, 0.05) is 5.69 Å². The average molecular weight is 536 g/mol. The molecule has 0 saturated carbocycles. The number of nitrogens with one attached hydrogen (secondary N) is 1. The van der Waals surface area contributed by atoms with Crippen LogP contribution in [0, 0.1) is 0 Å². The summed E-state index contributed by atoms with van der Waals surface area (Å²) in [6.07, 6.45) is 7.12. The largest absolute Gasteiger partial charge is 1.00 e. The molecule has 2 aromatic carbocycles. The van der Waals surface area contributed by atoms with Gasteiger partial charge >= 0.3 is 5.97 Å². The van der Waals surface area contributed by atoms with Gasteiger partial charge in [0.25, 0.3) is 5.91 Å². The summed E-state index contributed by atoms with van der Waals surface area (Å²) in [5.41, 5.74) is 1.55. The van der Waals surface area contributed by atoms with E-state index in [9.17, 15) is 9.59 Å². The molecule has 0 aliphatic rings. The molecule has 0 fully saturated rings. The van der Waals surface area contributed by atoms with Crippen molar-refractivity contribution in [3.05, 3.63) is 59.7 Å². The van der Waals surface area contributed by atoms with Crippen molar-refractivity contribution in [3.63, 3.8) is 0 Å². The van der Waals surface area contributed by atoms with Gasteiger partial charge < -0.3 is 36.3 Å². The first-order chi connectivity index (χ1) is 15.8. The Hall–Kier alpha value is -2.38. The van der Waals surface area contributed by atoms with Crippen LogP contribution in [0.4, 0.5) is 5.69 Å². The number of amides is 1. The van der Waals surface area contributed by atoms with Crippen molar-refractivity contribution in [2.24, 2.45) is 0 Å². The van der Waals surface area contributed by atoms with E-state index < -0.39 is 0 Å². The maximum Gasteiger partial charge on any atom is 0.338 e. The number of esters is 1. The van der Waals surface area contributed by atoms with Gasteiger partial charge in [0.15, 0.2) is 0 Å². The molecule has 0 bridgehead atoms. The standard InChI is InChI=1S/C27H38N2O4.BrH/c1-5-6-7-8-9-12-20-32-25-14-11-10-13-24(25)26(30)28-23-17-15-22(16-18-23)27(31)33-21-19-29(2,3)4;/h10-11,13-18H,5-9,12,19-21H2,1-4H3;1H. The Morgan fingerprint density at radius 1 is 0.853 bits per heavy atom. The number of carbonyl (C=O) groups excluding carboxylic acids is 2. The molecular formula is C27H39BrN2O4. The van der Waals surface area contributed by atoms with Crippen molar-refractivity contribution in [1.82, 2.24) is 0 Å². The minimum absolute atomic E-state index is 0. The Morgan fingerprint density at radius 2 is 1.50 bits per heavy atom. The van der Waals surface area contributed by atoms with Gasteiger partial charge in [-0.1, -0.05) is 51.2 Å². The van der Waals surface area contributed by atoms with E-state index in [-0.39, 0.29) is 28.9 Å². The smallest absolute Gasteiger partial charge is 0.338 e. The van der Waals surface area contributed by atoms with Crippen molar-refractivity contribution in [1.29, 1.82) is 0 Å². The van der Waals surface area contributed by atoms with Crippen LogP contribution in [-0.2, 0) is 4.74 Å². The highest BCUT2D eigenvalue weighted by Crippen LogP contribution is 2.21. The predicted molar refractivity (Wildman–Crippen MR) is 133 cm³/mol. The second-order valence-electron chi connectivity index (χ2n) is 9.29. The van der Waals surface area contributed by atoms with E-state index in [1.165, 1.54) is 25.7 Å². The zero-order chi connectivity index (χ0) is 24.1. The SMILES string of the molecule is CCCCCCCCOc1ccccc1C(=O)Nc1ccc(C(=O)OCC[N+](C)(C)C)cc1.[Br-]. The van der Waals surface area contributed by atoms with E-state index in [1.54, 1.807) is 30.3 Å². The van der Waals surface area contributed by atoms with Crippen LogP contribution in [0.2, 0.25) is 0 Å². The number of carbonyl (C=O) groups is 2. The summed E-state index contributed by atoms with van der Waals surface area (Å²) in [6, 6.07) is 14.0. The molecule has 0 atom stereocenters. The lowest BCUT2D eigenvalue weighted by Crippen LogP contribution is -3.00. The molecule has 0 aromatic heterocycles. The number of likely N-dealkylation sites (N-methyl/N-ethyl adjacent to an activating group) is 1. The molecule has 0 heterocycles. The fraction of sp³-hybridized carbons (Fsp3) is 0.481. The normalized spacial score (nSPS) is 10.8. The number of anilines is 1. The van der Waals surface area contributed by atoms with Crippen molar-refractivity contribution in [2.45, 2.75) is 45.4 Å². The lowest BCUT2D eigenvalue weighted by atomic mass is 10.1. The van der Waals surface area contributed by atoms with Crippen molar-refractivity contribution < 1.29 is 40.5 Å². The molecule has 6 nitrogen and oxygen atoms in total. The summed E-state index contributed by atoms with van der Waals surface area (Å²) in [7, 11) is 6.13. The highest BCUT2D eigenvalue weighted by molar-refractivity contribution is 6.06. The third-order valence-electron chi connectivity index (χ3n) is 5.26. The topological polar surface area (TPSA) is 64.6 Å². The second-order valence-corrected chi connectivity index (χ2v) is 9.29. The monoisotopic (exact) mass is 534 g/mol. The number of nitrogens with zero attached hydrogens (tertiary/aromatic N) is 1. The van der Waals surface area contributed by atoms with E-state index in [0.717, 1.165) is 23.9 Å². The first-order valence-corrected chi connectivity index (χ1v) is 11.9. The number of hydrogen-bond acceptors (Lipinski definition) is 4. The minimum atomic E-state index is -0.366. The third kappa shape index (κ3) is 11.2. The van der Waals surface area contributed by atoms with E-state index in [1.807, 2.05) is 39.3 Å². The zero-order valence-electron chi connectivity index (χ0n) is 20.9. The van der Waals surface area contributed by atoms with Gasteiger partial charge in [-0.3, -0.25) is 4.79 Å². The van der Waals surface area contributed by atoms with Crippen LogP contribution in [-0.4, -0.2) is 57.3 Å². The van der Waals surface area contributed by atoms with Gasteiger partial charge in [-0.05, 0) is 42.8 Å². The van der Waals surface area contributed by atoms with E-state index in [0.29, 0.717) is 35.8 Å². The van der Waals surface area contributed by atoms with E-state index in [4.69, 9.17) is 9.47 Å². The number of benzene rings is 2. The molecule has 0 spiro atoms. The molecular weight excluding hydrogens is 496 g/mol. The van der Waals surface area contributed by atoms with E-state index >= 15 is 0 Å². The highest BCUT2D eigenvalue weighted by Gasteiger charge is 2.14. The molecule has 0 radical (unpaired) electrons. The Kier molecular flexibility index (Phi) is 13.5. The summed E-state index contributed by atoms with van der Waals surface area (Å²) < 4.78 is 11.9. The molecule has 0 saturated heterocycles. The first kappa shape index (κ1) is 29.7. The number of quaternary nitrogens is 1. The fourth-order valence-electron chi connectivity index (χ4n) is 3.23. The summed E-state index contributed by atoms with van der Waals surface area (Å²) in [5.74, 6) is -0.0254. The van der Waals surface area contributed by atoms with Gasteiger partial charge in [0.2, 0.25) is 0 Å². The average Bonchev–Trinajstić information content (AvgIpc) is 2.78. The number of unbranched alkanes of at least 4 members (excludes halogenated alkanes) is 5. The Balaban J connectivity index is 0.00000578. The Bertz CT molecular complexity index is 879. The quantitative estimate of drug-likeness (QED) is 0.230.